The fraction of sp³-hybridized carbons (Fsp3) is 0.362. The van der Waals surface area contributed by atoms with E-state index in [0.29, 0.717) is 46.2 Å². The molecule has 6 rings (SSSR count). The Morgan fingerprint density at radius 1 is 0.845 bits per heavy atom. The van der Waals surface area contributed by atoms with Crippen molar-refractivity contribution in [2.45, 2.75) is 85.3 Å². The molecule has 306 valence electrons. The van der Waals surface area contributed by atoms with Crippen molar-refractivity contribution in [1.82, 2.24) is 4.57 Å². The fourth-order valence-electron chi connectivity index (χ4n) is 7.78. The van der Waals surface area contributed by atoms with Crippen LogP contribution in [0.15, 0.2) is 90.1 Å². The molecule has 0 aliphatic carbocycles. The molecule has 0 saturated carbocycles. The second kappa shape index (κ2) is 18.0. The highest BCUT2D eigenvalue weighted by Crippen LogP contribution is 2.39. The van der Waals surface area contributed by atoms with Gasteiger partial charge in [-0.05, 0) is 104 Å². The minimum atomic E-state index is -4.31. The number of hydrogen-bond acceptors (Lipinski definition) is 6. The number of ketones is 1. The number of carbonyl (C=O) groups is 1. The predicted octanol–water partition coefficient (Wildman–Crippen LogP) is 11.9. The number of fused-ring (bicyclic) bond motifs is 5. The number of aromatic nitrogens is 1. The van der Waals surface area contributed by atoms with E-state index in [1.807, 2.05) is 74.5 Å². The summed E-state index contributed by atoms with van der Waals surface area (Å²) in [5, 5.41) is 17.7. The van der Waals surface area contributed by atoms with Crippen molar-refractivity contribution in [2.24, 2.45) is 11.1 Å². The first-order valence-corrected chi connectivity index (χ1v) is 19.7. The van der Waals surface area contributed by atoms with E-state index < -0.39 is 19.0 Å². The van der Waals surface area contributed by atoms with Crippen LogP contribution < -0.4 is 9.47 Å². The molecule has 0 aliphatic heterocycles. The second-order valence-electron chi connectivity index (χ2n) is 15.1. The van der Waals surface area contributed by atoms with Crippen molar-refractivity contribution in [3.63, 3.8) is 0 Å². The number of halogens is 4. The first-order valence-electron chi connectivity index (χ1n) is 19.7. The quantitative estimate of drug-likeness (QED) is 0.0308. The molecule has 0 radical (unpaired) electrons. The van der Waals surface area contributed by atoms with Crippen LogP contribution in [-0.4, -0.2) is 60.0 Å². The van der Waals surface area contributed by atoms with Gasteiger partial charge in [-0.3, -0.25) is 4.79 Å². The van der Waals surface area contributed by atoms with Crippen molar-refractivity contribution in [3.8, 4) is 11.5 Å². The number of rotatable bonds is 18. The summed E-state index contributed by atoms with van der Waals surface area (Å²) in [6.45, 7) is 9.64. The average molecular weight is 799 g/mol. The van der Waals surface area contributed by atoms with Crippen molar-refractivity contribution in [1.29, 1.82) is 0 Å². The number of carbonyl (C=O) groups excluding carboxylic acids is 1. The lowest BCUT2D eigenvalue weighted by Gasteiger charge is -2.19. The SMILES string of the molecule is CCCCC(CC)Cn1c2ccc(/C(=N\O)c3ccc(OC(C)COC)cc3C)cc2c2cc(C(=O)c3ccc(OCC(F)(F)C(F)F)cc3C)c3ccccc3c21. The largest absolute Gasteiger partial charge is 0.488 e. The molecule has 0 bridgehead atoms. The molecule has 2 atom stereocenters. The third-order valence-corrected chi connectivity index (χ3v) is 10.9. The summed E-state index contributed by atoms with van der Waals surface area (Å²) in [7, 11) is 1.62. The Labute approximate surface area is 336 Å². The standard InChI is InChI=1S/C47H50F4N2O5/c1-7-9-12-31(8-2)25-53-42-20-15-32(43(52-55)35-18-17-34(22-28(35)3)58-30(5)26-56-6)23-39(42)40-24-41(37-13-10-11-14-38(37)44(40)53)45(54)36-19-16-33(21-29(36)4)57-27-47(50,51)46(48)49/h10-11,13-24,30-31,46,55H,7-9,12,25-27H2,1-6H3/b52-43+. The first kappa shape index (κ1) is 42.2. The smallest absolute Gasteiger partial charge is 0.340 e. The predicted molar refractivity (Wildman–Crippen MR) is 222 cm³/mol. The van der Waals surface area contributed by atoms with Gasteiger partial charge in [0.05, 0.1) is 12.1 Å². The maximum absolute atomic E-state index is 14.6. The molecule has 0 saturated heterocycles. The fourth-order valence-corrected chi connectivity index (χ4v) is 7.78. The monoisotopic (exact) mass is 798 g/mol. The summed E-state index contributed by atoms with van der Waals surface area (Å²) in [5.74, 6) is -3.56. The number of nitrogens with zero attached hydrogens (tertiary/aromatic N) is 2. The Balaban J connectivity index is 1.50. The number of aryl methyl sites for hydroxylation is 2. The van der Waals surface area contributed by atoms with Crippen molar-refractivity contribution < 1.29 is 41.8 Å². The Hall–Kier alpha value is -5.42. The van der Waals surface area contributed by atoms with Crippen LogP contribution in [-0.2, 0) is 11.3 Å². The van der Waals surface area contributed by atoms with E-state index in [1.165, 1.54) is 18.2 Å². The van der Waals surface area contributed by atoms with Crippen LogP contribution in [0, 0.1) is 19.8 Å². The van der Waals surface area contributed by atoms with E-state index in [4.69, 9.17) is 14.2 Å². The van der Waals surface area contributed by atoms with Gasteiger partial charge in [0.2, 0.25) is 0 Å². The molecule has 5 aromatic carbocycles. The van der Waals surface area contributed by atoms with Crippen LogP contribution in [0.5, 0.6) is 11.5 Å². The van der Waals surface area contributed by atoms with Gasteiger partial charge in [0.25, 0.3) is 0 Å². The molecular weight excluding hydrogens is 749 g/mol. The molecule has 6 aromatic rings. The van der Waals surface area contributed by atoms with Crippen molar-refractivity contribution >= 4 is 44.1 Å². The summed E-state index contributed by atoms with van der Waals surface area (Å²) in [6.07, 6.45) is 0.264. The van der Waals surface area contributed by atoms with Crippen LogP contribution in [0.1, 0.15) is 84.6 Å². The highest BCUT2D eigenvalue weighted by atomic mass is 19.3. The summed E-state index contributed by atoms with van der Waals surface area (Å²) in [6, 6.07) is 25.6. The minimum Gasteiger partial charge on any atom is -0.488 e. The average Bonchev–Trinajstić information content (AvgIpc) is 3.51. The zero-order chi connectivity index (χ0) is 41.7. The van der Waals surface area contributed by atoms with Gasteiger partial charge in [0.15, 0.2) is 12.4 Å². The van der Waals surface area contributed by atoms with Gasteiger partial charge in [0, 0.05) is 57.6 Å². The van der Waals surface area contributed by atoms with Crippen LogP contribution in [0.3, 0.4) is 0 Å². The van der Waals surface area contributed by atoms with Crippen LogP contribution >= 0.6 is 0 Å². The summed E-state index contributed by atoms with van der Waals surface area (Å²) >= 11 is 0. The number of hydrogen-bond donors (Lipinski definition) is 1. The molecular formula is C47H50F4N2O5. The molecule has 0 amide bonds. The maximum Gasteiger partial charge on any atom is 0.340 e. The maximum atomic E-state index is 14.6. The lowest BCUT2D eigenvalue weighted by atomic mass is 9.92. The van der Waals surface area contributed by atoms with Crippen LogP contribution in [0.4, 0.5) is 17.6 Å². The Bertz CT molecular complexity index is 2460. The van der Waals surface area contributed by atoms with Gasteiger partial charge in [-0.15, -0.1) is 0 Å². The van der Waals surface area contributed by atoms with E-state index >= 15 is 0 Å². The topological polar surface area (TPSA) is 82.3 Å². The molecule has 0 fully saturated rings. The number of benzene rings is 5. The van der Waals surface area contributed by atoms with E-state index in [-0.39, 0.29) is 17.6 Å². The molecule has 1 aromatic heterocycles. The van der Waals surface area contributed by atoms with Crippen molar-refractivity contribution in [3.05, 3.63) is 118 Å². The molecule has 58 heavy (non-hydrogen) atoms. The van der Waals surface area contributed by atoms with E-state index in [1.54, 1.807) is 14.0 Å². The molecule has 7 nitrogen and oxygen atoms in total. The summed E-state index contributed by atoms with van der Waals surface area (Å²) < 4.78 is 71.3. The highest BCUT2D eigenvalue weighted by molar-refractivity contribution is 6.27. The molecule has 0 aliphatic rings. The van der Waals surface area contributed by atoms with Gasteiger partial charge in [-0.2, -0.15) is 8.78 Å². The normalized spacial score (nSPS) is 13.5. The zero-order valence-electron chi connectivity index (χ0n) is 33.8. The van der Waals surface area contributed by atoms with Gasteiger partial charge in [-0.25, -0.2) is 8.78 Å². The summed E-state index contributed by atoms with van der Waals surface area (Å²) in [4.78, 5) is 14.6. The number of ether oxygens (including phenoxy) is 3. The lowest BCUT2D eigenvalue weighted by Crippen LogP contribution is -2.33. The van der Waals surface area contributed by atoms with E-state index in [2.05, 4.69) is 29.6 Å². The minimum absolute atomic E-state index is 0.0433. The molecule has 0 spiro atoms. The Morgan fingerprint density at radius 3 is 2.19 bits per heavy atom. The number of unbranched alkanes of at least 4 members (excludes halogenated alkanes) is 1. The molecule has 1 N–H and O–H groups in total. The van der Waals surface area contributed by atoms with Gasteiger partial charge in [0.1, 0.15) is 23.3 Å². The Morgan fingerprint density at radius 2 is 1.53 bits per heavy atom. The third kappa shape index (κ3) is 8.70. The number of methoxy groups -OCH3 is 1. The number of oxime groups is 1. The first-order chi connectivity index (χ1) is 27.8. The summed E-state index contributed by atoms with van der Waals surface area (Å²) in [5.41, 5.74) is 5.82. The number of alkyl halides is 4. The second-order valence-corrected chi connectivity index (χ2v) is 15.1. The van der Waals surface area contributed by atoms with Gasteiger partial charge >= 0.3 is 12.3 Å². The van der Waals surface area contributed by atoms with Crippen LogP contribution in [0.25, 0.3) is 32.6 Å². The molecule has 1 heterocycles. The van der Waals surface area contributed by atoms with E-state index in [0.717, 1.165) is 75.9 Å². The third-order valence-electron chi connectivity index (χ3n) is 10.9. The van der Waals surface area contributed by atoms with E-state index in [9.17, 15) is 27.6 Å². The van der Waals surface area contributed by atoms with Gasteiger partial charge < -0.3 is 24.0 Å². The Kier molecular flexibility index (Phi) is 13.1. The lowest BCUT2D eigenvalue weighted by molar-refractivity contribution is -0.148. The van der Waals surface area contributed by atoms with Crippen molar-refractivity contribution in [2.75, 3.05) is 20.3 Å². The van der Waals surface area contributed by atoms with Crippen LogP contribution in [0.2, 0.25) is 0 Å². The highest BCUT2D eigenvalue weighted by Gasteiger charge is 2.41. The molecule has 11 heteroatoms. The molecule has 2 unspecified atom stereocenters. The van der Waals surface area contributed by atoms with Gasteiger partial charge in [-0.1, -0.05) is 68.6 Å². The zero-order valence-corrected chi connectivity index (χ0v) is 33.8.